The van der Waals surface area contributed by atoms with Crippen molar-refractivity contribution in [2.24, 2.45) is 11.8 Å². The minimum Gasteiger partial charge on any atom is -0.466 e. The fourth-order valence-corrected chi connectivity index (χ4v) is 3.33. The third-order valence-electron chi connectivity index (χ3n) is 3.89. The van der Waals surface area contributed by atoms with Gasteiger partial charge in [0, 0.05) is 28.6 Å². The van der Waals surface area contributed by atoms with Crippen molar-refractivity contribution in [2.75, 3.05) is 6.61 Å². The van der Waals surface area contributed by atoms with Crippen molar-refractivity contribution in [3.8, 4) is 0 Å². The average Bonchev–Trinajstić information content (AvgIpc) is 2.76. The lowest BCUT2D eigenvalue weighted by atomic mass is 9.84. The molecule has 0 amide bonds. The van der Waals surface area contributed by atoms with Gasteiger partial charge in [0.05, 0.1) is 13.0 Å². The minimum atomic E-state index is -0.564. The van der Waals surface area contributed by atoms with Crippen LogP contribution in [-0.2, 0) is 19.1 Å². The first-order valence-electron chi connectivity index (χ1n) is 6.96. The Balaban J connectivity index is 2.20. The van der Waals surface area contributed by atoms with Gasteiger partial charge in [-0.2, -0.15) is 0 Å². The number of hydrogen-bond donors (Lipinski definition) is 0. The van der Waals surface area contributed by atoms with Crippen molar-refractivity contribution in [1.82, 2.24) is 0 Å². The highest BCUT2D eigenvalue weighted by atomic mass is 79.9. The molecule has 1 aliphatic carbocycles. The molecule has 0 unspecified atom stereocenters. The van der Waals surface area contributed by atoms with Crippen LogP contribution in [0.4, 0.5) is 0 Å². The maximum absolute atomic E-state index is 12.2. The molecule has 1 aromatic carbocycles. The molecule has 1 fully saturated rings. The lowest BCUT2D eigenvalue weighted by Crippen LogP contribution is -2.23. The third-order valence-corrected chi connectivity index (χ3v) is 4.38. The van der Waals surface area contributed by atoms with Gasteiger partial charge in [-0.3, -0.25) is 9.59 Å². The van der Waals surface area contributed by atoms with E-state index in [-0.39, 0.29) is 24.7 Å². The summed E-state index contributed by atoms with van der Waals surface area (Å²) in [6.07, 6.45) is 1.09. The summed E-state index contributed by atoms with van der Waals surface area (Å²) in [4.78, 5) is 35.2. The number of halogens is 1. The molecule has 0 heterocycles. The normalized spacial score (nSPS) is 24.9. The third kappa shape index (κ3) is 3.59. The smallest absolute Gasteiger partial charge is 0.306 e. The maximum atomic E-state index is 12.2. The molecule has 0 aliphatic heterocycles. The number of benzene rings is 1. The van der Waals surface area contributed by atoms with E-state index < -0.39 is 17.8 Å². The highest BCUT2D eigenvalue weighted by Gasteiger charge is 2.44. The van der Waals surface area contributed by atoms with E-state index in [1.54, 1.807) is 6.92 Å². The Bertz CT molecular complexity index is 555. The summed E-state index contributed by atoms with van der Waals surface area (Å²) in [6, 6.07) is 7.60. The molecule has 0 saturated heterocycles. The lowest BCUT2D eigenvalue weighted by molar-refractivity contribution is -0.146. The molecule has 5 heteroatoms. The Kier molecular flexibility index (Phi) is 5.28. The summed E-state index contributed by atoms with van der Waals surface area (Å²) in [5.74, 6) is -1.64. The van der Waals surface area contributed by atoms with Crippen LogP contribution in [-0.4, -0.2) is 24.6 Å². The van der Waals surface area contributed by atoms with E-state index in [1.807, 2.05) is 24.3 Å². The summed E-state index contributed by atoms with van der Waals surface area (Å²) in [6.45, 7) is 2.00. The fraction of sp³-hybridized carbons (Fsp3) is 0.438. The van der Waals surface area contributed by atoms with E-state index in [9.17, 15) is 14.4 Å². The fourth-order valence-electron chi connectivity index (χ4n) is 2.92. The molecular weight excluding hydrogens is 336 g/mol. The van der Waals surface area contributed by atoms with Gasteiger partial charge in [0.2, 0.25) is 0 Å². The number of esters is 1. The van der Waals surface area contributed by atoms with Crippen LogP contribution in [0.1, 0.15) is 31.2 Å². The van der Waals surface area contributed by atoms with E-state index in [4.69, 9.17) is 4.74 Å². The molecule has 112 valence electrons. The van der Waals surface area contributed by atoms with Crippen LogP contribution < -0.4 is 0 Å². The van der Waals surface area contributed by atoms with Crippen molar-refractivity contribution >= 4 is 34.0 Å². The second-order valence-electron chi connectivity index (χ2n) is 5.16. The standard InChI is InChI=1S/C16H17BrO4/c1-2-21-16(20)8-13-14(9-18)12(7-15(13)19)10-4-3-5-11(17)6-10/h3-6,9,12-14H,2,7-8H2,1H3/t12-,13+,14-/m1/s1. The van der Waals surface area contributed by atoms with E-state index in [1.165, 1.54) is 0 Å². The minimum absolute atomic E-state index is 0.0133. The molecule has 3 atom stereocenters. The maximum Gasteiger partial charge on any atom is 0.306 e. The van der Waals surface area contributed by atoms with Crippen LogP contribution >= 0.6 is 15.9 Å². The second-order valence-corrected chi connectivity index (χ2v) is 6.08. The topological polar surface area (TPSA) is 60.4 Å². The number of carbonyl (C=O) groups excluding carboxylic acids is 3. The zero-order valence-corrected chi connectivity index (χ0v) is 13.3. The van der Waals surface area contributed by atoms with Crippen LogP contribution in [0, 0.1) is 11.8 Å². The largest absolute Gasteiger partial charge is 0.466 e. The molecule has 4 nitrogen and oxygen atoms in total. The Labute approximate surface area is 132 Å². The molecule has 0 aromatic heterocycles. The molecule has 1 saturated carbocycles. The quantitative estimate of drug-likeness (QED) is 0.603. The molecular formula is C16H17BrO4. The van der Waals surface area contributed by atoms with Gasteiger partial charge in [0.1, 0.15) is 12.1 Å². The van der Waals surface area contributed by atoms with Crippen molar-refractivity contribution in [1.29, 1.82) is 0 Å². The summed E-state index contributed by atoms with van der Waals surface area (Å²) in [5, 5.41) is 0. The zero-order valence-electron chi connectivity index (χ0n) is 11.8. The van der Waals surface area contributed by atoms with Crippen LogP contribution in [0.2, 0.25) is 0 Å². The second kappa shape index (κ2) is 6.98. The monoisotopic (exact) mass is 352 g/mol. The van der Waals surface area contributed by atoms with Crippen molar-refractivity contribution in [3.05, 3.63) is 34.3 Å². The highest BCUT2D eigenvalue weighted by Crippen LogP contribution is 2.42. The SMILES string of the molecule is CCOC(=O)C[C@@H]1C(=O)C[C@H](c2cccc(Br)c2)[C@H]1C=O. The number of rotatable bonds is 5. The number of Topliss-reactive ketones (excluding diaryl/α,β-unsaturated/α-hetero) is 1. The number of aldehydes is 1. The first-order valence-corrected chi connectivity index (χ1v) is 7.75. The Morgan fingerprint density at radius 2 is 2.24 bits per heavy atom. The van der Waals surface area contributed by atoms with Gasteiger partial charge in [0.25, 0.3) is 0 Å². The Hall–Kier alpha value is -1.49. The number of ketones is 1. The van der Waals surface area contributed by atoms with Crippen molar-refractivity contribution < 1.29 is 19.1 Å². The van der Waals surface area contributed by atoms with Crippen LogP contribution in [0.15, 0.2) is 28.7 Å². The van der Waals surface area contributed by atoms with Gasteiger partial charge in [-0.05, 0) is 24.6 Å². The van der Waals surface area contributed by atoms with E-state index in [2.05, 4.69) is 15.9 Å². The first-order chi connectivity index (χ1) is 10.1. The molecule has 0 radical (unpaired) electrons. The zero-order chi connectivity index (χ0) is 15.4. The lowest BCUT2D eigenvalue weighted by Gasteiger charge is -2.18. The summed E-state index contributed by atoms with van der Waals surface area (Å²) in [5.41, 5.74) is 0.946. The van der Waals surface area contributed by atoms with Gasteiger partial charge >= 0.3 is 5.97 Å². The van der Waals surface area contributed by atoms with Gasteiger partial charge in [-0.1, -0.05) is 28.1 Å². The van der Waals surface area contributed by atoms with Gasteiger partial charge < -0.3 is 9.53 Å². The van der Waals surface area contributed by atoms with Crippen LogP contribution in [0.3, 0.4) is 0 Å². The van der Waals surface area contributed by atoms with E-state index in [0.717, 1.165) is 16.3 Å². The summed E-state index contributed by atoms with van der Waals surface area (Å²) in [7, 11) is 0. The number of hydrogen-bond acceptors (Lipinski definition) is 4. The van der Waals surface area contributed by atoms with E-state index in [0.29, 0.717) is 6.42 Å². The molecule has 1 aliphatic rings. The predicted molar refractivity (Wildman–Crippen MR) is 80.8 cm³/mol. The number of ether oxygens (including phenoxy) is 1. The molecule has 2 rings (SSSR count). The number of carbonyl (C=O) groups is 3. The van der Waals surface area contributed by atoms with Crippen LogP contribution in [0.5, 0.6) is 0 Å². The Morgan fingerprint density at radius 3 is 2.86 bits per heavy atom. The summed E-state index contributed by atoms with van der Waals surface area (Å²) >= 11 is 3.39. The van der Waals surface area contributed by atoms with Crippen molar-refractivity contribution in [2.45, 2.75) is 25.7 Å². The van der Waals surface area contributed by atoms with Gasteiger partial charge in [-0.15, -0.1) is 0 Å². The molecule has 1 aromatic rings. The van der Waals surface area contributed by atoms with Gasteiger partial charge in [-0.25, -0.2) is 0 Å². The van der Waals surface area contributed by atoms with E-state index >= 15 is 0 Å². The molecule has 0 bridgehead atoms. The molecule has 0 N–H and O–H groups in total. The summed E-state index contributed by atoms with van der Waals surface area (Å²) < 4.78 is 5.80. The Morgan fingerprint density at radius 1 is 1.48 bits per heavy atom. The van der Waals surface area contributed by atoms with Crippen LogP contribution in [0.25, 0.3) is 0 Å². The van der Waals surface area contributed by atoms with Gasteiger partial charge in [0.15, 0.2) is 0 Å². The molecule has 0 spiro atoms. The first kappa shape index (κ1) is 15.9. The predicted octanol–water partition coefficient (Wildman–Crippen LogP) is 2.89. The molecule has 21 heavy (non-hydrogen) atoms. The highest BCUT2D eigenvalue weighted by molar-refractivity contribution is 9.10. The average molecular weight is 353 g/mol. The van der Waals surface area contributed by atoms with Crippen molar-refractivity contribution in [3.63, 3.8) is 0 Å².